The van der Waals surface area contributed by atoms with Gasteiger partial charge >= 0.3 is 6.61 Å². The van der Waals surface area contributed by atoms with Gasteiger partial charge in [0.1, 0.15) is 11.6 Å². The molecule has 1 aliphatic carbocycles. The van der Waals surface area contributed by atoms with E-state index in [1.807, 2.05) is 30.5 Å². The number of aryl methyl sites for hydroxylation is 1. The van der Waals surface area contributed by atoms with Crippen LogP contribution in [-0.4, -0.2) is 26.9 Å². The quantitative estimate of drug-likeness (QED) is 0.326. The molecule has 4 aromatic rings. The van der Waals surface area contributed by atoms with Crippen molar-refractivity contribution in [1.82, 2.24) is 14.5 Å². The van der Waals surface area contributed by atoms with E-state index in [2.05, 4.69) is 22.5 Å². The van der Waals surface area contributed by atoms with Gasteiger partial charge < -0.3 is 15.0 Å². The van der Waals surface area contributed by atoms with Crippen molar-refractivity contribution in [2.75, 3.05) is 0 Å². The molecule has 1 atom stereocenters. The third-order valence-electron chi connectivity index (χ3n) is 7.74. The van der Waals surface area contributed by atoms with Crippen molar-refractivity contribution < 1.29 is 18.3 Å². The molecule has 1 saturated carbocycles. The number of ether oxygens (including phenoxy) is 1. The first-order valence-electron chi connectivity index (χ1n) is 12.6. The SMILES string of the molecule is CC(=O)c1cccc(OC(F)F)c1C1CCc2nc3ccc(-c4ccc(C5(N)CC(C)C5)nc4)cc3n21. The van der Waals surface area contributed by atoms with Crippen molar-refractivity contribution in [3.8, 4) is 16.9 Å². The number of rotatable bonds is 6. The third kappa shape index (κ3) is 4.00. The molecule has 0 amide bonds. The summed E-state index contributed by atoms with van der Waals surface area (Å²) in [6.45, 7) is 0.653. The largest absolute Gasteiger partial charge is 0.434 e. The average molecular weight is 503 g/mol. The van der Waals surface area contributed by atoms with Gasteiger partial charge in [-0.05, 0) is 61.9 Å². The van der Waals surface area contributed by atoms with Crippen LogP contribution < -0.4 is 10.5 Å². The molecule has 1 aliphatic heterocycles. The third-order valence-corrected chi connectivity index (χ3v) is 7.74. The van der Waals surface area contributed by atoms with E-state index < -0.39 is 6.61 Å². The number of aromatic nitrogens is 3. The van der Waals surface area contributed by atoms with Crippen LogP contribution in [0.1, 0.15) is 66.6 Å². The van der Waals surface area contributed by atoms with E-state index in [0.717, 1.165) is 46.5 Å². The minimum Gasteiger partial charge on any atom is -0.434 e. The van der Waals surface area contributed by atoms with Gasteiger partial charge in [0.2, 0.25) is 0 Å². The lowest BCUT2D eigenvalue weighted by molar-refractivity contribution is -0.0507. The van der Waals surface area contributed by atoms with Crippen LogP contribution in [0.5, 0.6) is 5.75 Å². The maximum Gasteiger partial charge on any atom is 0.387 e. The van der Waals surface area contributed by atoms with E-state index in [-0.39, 0.29) is 23.1 Å². The van der Waals surface area contributed by atoms with Gasteiger partial charge in [0.15, 0.2) is 5.78 Å². The van der Waals surface area contributed by atoms with Gasteiger partial charge in [-0.25, -0.2) is 4.98 Å². The van der Waals surface area contributed by atoms with Gasteiger partial charge in [-0.15, -0.1) is 0 Å². The Kier molecular flexibility index (Phi) is 5.60. The fourth-order valence-corrected chi connectivity index (χ4v) is 6.16. The molecule has 1 fully saturated rings. The Hall–Kier alpha value is -3.65. The number of benzene rings is 2. The molecule has 0 radical (unpaired) electrons. The second-order valence-corrected chi connectivity index (χ2v) is 10.4. The normalized spacial score (nSPS) is 22.8. The lowest BCUT2D eigenvalue weighted by Gasteiger charge is -2.42. The number of hydrogen-bond acceptors (Lipinski definition) is 5. The molecule has 2 aliphatic rings. The number of hydrogen-bond donors (Lipinski definition) is 1. The maximum atomic E-state index is 13.3. The maximum absolute atomic E-state index is 13.3. The van der Waals surface area contributed by atoms with Crippen LogP contribution in [0.15, 0.2) is 54.7 Å². The molecule has 0 saturated heterocycles. The lowest BCUT2D eigenvalue weighted by Crippen LogP contribution is -2.48. The van der Waals surface area contributed by atoms with Crippen molar-refractivity contribution in [2.24, 2.45) is 11.7 Å². The van der Waals surface area contributed by atoms with Crippen molar-refractivity contribution >= 4 is 16.8 Å². The van der Waals surface area contributed by atoms with Gasteiger partial charge in [0, 0.05) is 29.3 Å². The van der Waals surface area contributed by atoms with Crippen molar-refractivity contribution in [2.45, 2.75) is 57.7 Å². The van der Waals surface area contributed by atoms with E-state index in [9.17, 15) is 13.6 Å². The van der Waals surface area contributed by atoms with Crippen LogP contribution in [0.3, 0.4) is 0 Å². The van der Waals surface area contributed by atoms with Crippen LogP contribution >= 0.6 is 0 Å². The Morgan fingerprint density at radius 3 is 2.62 bits per heavy atom. The summed E-state index contributed by atoms with van der Waals surface area (Å²) in [5.74, 6) is 1.30. The minimum atomic E-state index is -2.99. The second kappa shape index (κ2) is 8.73. The first-order valence-corrected chi connectivity index (χ1v) is 12.6. The van der Waals surface area contributed by atoms with Crippen LogP contribution in [0.25, 0.3) is 22.2 Å². The Bertz CT molecular complexity index is 1510. The van der Waals surface area contributed by atoms with Crippen LogP contribution in [0, 0.1) is 5.92 Å². The van der Waals surface area contributed by atoms with Crippen molar-refractivity contribution in [1.29, 1.82) is 0 Å². The number of alkyl halides is 2. The highest BCUT2D eigenvalue weighted by molar-refractivity contribution is 5.96. The molecule has 6 nitrogen and oxygen atoms in total. The van der Waals surface area contributed by atoms with Crippen molar-refractivity contribution in [3.05, 3.63) is 77.4 Å². The molecular weight excluding hydrogens is 474 g/mol. The summed E-state index contributed by atoms with van der Waals surface area (Å²) >= 11 is 0. The molecule has 37 heavy (non-hydrogen) atoms. The molecule has 6 rings (SSSR count). The number of halogens is 2. The molecule has 2 N–H and O–H groups in total. The predicted molar refractivity (Wildman–Crippen MR) is 137 cm³/mol. The summed E-state index contributed by atoms with van der Waals surface area (Å²) in [4.78, 5) is 22.0. The molecule has 8 heteroatoms. The predicted octanol–water partition coefficient (Wildman–Crippen LogP) is 6.02. The summed E-state index contributed by atoms with van der Waals surface area (Å²) in [7, 11) is 0. The van der Waals surface area contributed by atoms with Gasteiger partial charge in [0.25, 0.3) is 0 Å². The van der Waals surface area contributed by atoms with Crippen LogP contribution in [0.4, 0.5) is 8.78 Å². The summed E-state index contributed by atoms with van der Waals surface area (Å²) < 4.78 is 33.4. The Morgan fingerprint density at radius 2 is 1.95 bits per heavy atom. The van der Waals surface area contributed by atoms with Crippen LogP contribution in [0.2, 0.25) is 0 Å². The number of ketones is 1. The van der Waals surface area contributed by atoms with Gasteiger partial charge in [-0.2, -0.15) is 8.78 Å². The van der Waals surface area contributed by atoms with E-state index in [1.54, 1.807) is 12.1 Å². The zero-order valence-corrected chi connectivity index (χ0v) is 20.7. The highest BCUT2D eigenvalue weighted by Crippen LogP contribution is 2.44. The molecule has 3 heterocycles. The monoisotopic (exact) mass is 502 g/mol. The number of carbonyl (C=O) groups excluding carboxylic acids is 1. The molecule has 1 unspecified atom stereocenters. The number of nitrogens with zero attached hydrogens (tertiary/aromatic N) is 3. The van der Waals surface area contributed by atoms with E-state index in [1.165, 1.54) is 13.0 Å². The summed E-state index contributed by atoms with van der Waals surface area (Å²) in [5.41, 5.74) is 11.6. The standard InChI is InChI=1S/C29H28F2N4O2/c1-16-13-29(32,14-16)25-10-7-19(15-33-25)18-6-8-21-23(12-18)35-22(9-11-26(35)34-21)27-20(17(2)36)4-3-5-24(27)37-28(30)31/h3-8,10,12,15-16,22,28H,9,11,13-14,32H2,1-2H3. The number of pyridine rings is 1. The molecule has 0 spiro atoms. The Morgan fingerprint density at radius 1 is 1.16 bits per heavy atom. The molecule has 190 valence electrons. The summed E-state index contributed by atoms with van der Waals surface area (Å²) in [5, 5.41) is 0. The number of nitrogens with two attached hydrogens (primary N) is 1. The summed E-state index contributed by atoms with van der Waals surface area (Å²) in [6.07, 6.45) is 5.04. The molecular formula is C29H28F2N4O2. The van der Waals surface area contributed by atoms with Crippen molar-refractivity contribution in [3.63, 3.8) is 0 Å². The molecule has 0 bridgehead atoms. The van der Waals surface area contributed by atoms with E-state index in [4.69, 9.17) is 15.5 Å². The minimum absolute atomic E-state index is 0.0272. The first kappa shape index (κ1) is 23.7. The van der Waals surface area contributed by atoms with Gasteiger partial charge in [-0.1, -0.05) is 31.2 Å². The second-order valence-electron chi connectivity index (χ2n) is 10.4. The smallest absolute Gasteiger partial charge is 0.387 e. The highest BCUT2D eigenvalue weighted by Gasteiger charge is 2.41. The fourth-order valence-electron chi connectivity index (χ4n) is 6.16. The van der Waals surface area contributed by atoms with Crippen LogP contribution in [-0.2, 0) is 12.0 Å². The average Bonchev–Trinajstić information content (AvgIpc) is 3.42. The molecule has 2 aromatic heterocycles. The Labute approximate surface area is 213 Å². The first-order chi connectivity index (χ1) is 17.7. The Balaban J connectivity index is 1.42. The topological polar surface area (TPSA) is 83.0 Å². The molecule has 2 aromatic carbocycles. The zero-order valence-electron chi connectivity index (χ0n) is 20.7. The number of carbonyl (C=O) groups is 1. The number of fused-ring (bicyclic) bond motifs is 3. The van der Waals surface area contributed by atoms with E-state index >= 15 is 0 Å². The zero-order chi connectivity index (χ0) is 25.9. The lowest BCUT2D eigenvalue weighted by atomic mass is 9.68. The fraction of sp³-hybridized carbons (Fsp3) is 0.345. The highest BCUT2D eigenvalue weighted by atomic mass is 19.3. The summed E-state index contributed by atoms with van der Waals surface area (Å²) in [6, 6.07) is 14.5. The van der Waals surface area contributed by atoms with E-state index in [0.29, 0.717) is 29.9 Å². The van der Waals surface area contributed by atoms with Gasteiger partial charge in [-0.3, -0.25) is 9.78 Å². The number of imidazole rings is 1. The number of Topliss-reactive ketones (excluding diaryl/α,β-unsaturated/α-hetero) is 1. The van der Waals surface area contributed by atoms with Gasteiger partial charge in [0.05, 0.1) is 28.3 Å².